The summed E-state index contributed by atoms with van der Waals surface area (Å²) in [5.41, 5.74) is -2.27. The number of hydrogen-bond donors (Lipinski definition) is 4. The molecule has 1 aromatic heterocycles. The van der Waals surface area contributed by atoms with Crippen LogP contribution in [0.15, 0.2) is 40.1 Å². The van der Waals surface area contributed by atoms with E-state index in [1.807, 2.05) is 4.98 Å². The van der Waals surface area contributed by atoms with Gasteiger partial charge < -0.3 is 20.1 Å². The van der Waals surface area contributed by atoms with Crippen LogP contribution in [0, 0.1) is 0 Å². The van der Waals surface area contributed by atoms with Gasteiger partial charge in [0.1, 0.15) is 24.4 Å². The number of nitrogens with one attached hydrogen (secondary N) is 1. The quantitative estimate of drug-likeness (QED) is 0.560. The summed E-state index contributed by atoms with van der Waals surface area (Å²) in [6.07, 6.45) is -8.69. The highest BCUT2D eigenvalue weighted by molar-refractivity contribution is 5.25. The number of benzene rings is 1. The van der Waals surface area contributed by atoms with E-state index < -0.39 is 54.0 Å². The Morgan fingerprint density at radius 2 is 1.75 bits per heavy atom. The SMILES string of the molecule is O=c1[nH]c(=O)n(Cc2ccc(C(F)(F)F)cc2)cc1[C@@H]1O[C@H](CO)[C@@H](O)[C@H]1O. The van der Waals surface area contributed by atoms with Crippen LogP contribution in [0.2, 0.25) is 0 Å². The van der Waals surface area contributed by atoms with Gasteiger partial charge in [0, 0.05) is 6.20 Å². The van der Waals surface area contributed by atoms with E-state index in [1.165, 1.54) is 12.1 Å². The highest BCUT2D eigenvalue weighted by Crippen LogP contribution is 2.32. The van der Waals surface area contributed by atoms with Crippen LogP contribution in [0.4, 0.5) is 13.2 Å². The van der Waals surface area contributed by atoms with Gasteiger partial charge in [-0.05, 0) is 17.7 Å². The van der Waals surface area contributed by atoms with Gasteiger partial charge in [0.05, 0.1) is 24.3 Å². The second kappa shape index (κ2) is 7.51. The summed E-state index contributed by atoms with van der Waals surface area (Å²) in [6, 6.07) is 4.15. The first-order valence-electron chi connectivity index (χ1n) is 8.24. The number of halogens is 3. The minimum Gasteiger partial charge on any atom is -0.394 e. The van der Waals surface area contributed by atoms with E-state index in [0.717, 1.165) is 22.9 Å². The second-order valence-electron chi connectivity index (χ2n) is 6.43. The number of aliphatic hydroxyl groups excluding tert-OH is 3. The number of aromatic nitrogens is 2. The normalized spacial score (nSPS) is 25.2. The monoisotopic (exact) mass is 402 g/mol. The minimum absolute atomic E-state index is 0.143. The molecule has 1 fully saturated rings. The number of H-pyrrole nitrogens is 1. The molecule has 0 aliphatic carbocycles. The maximum Gasteiger partial charge on any atom is 0.416 e. The molecule has 2 aromatic rings. The molecule has 28 heavy (non-hydrogen) atoms. The fourth-order valence-electron chi connectivity index (χ4n) is 3.00. The van der Waals surface area contributed by atoms with E-state index in [9.17, 15) is 33.0 Å². The van der Waals surface area contributed by atoms with Crippen LogP contribution in [0.1, 0.15) is 22.8 Å². The van der Waals surface area contributed by atoms with Gasteiger partial charge in [-0.15, -0.1) is 0 Å². The summed E-state index contributed by atoms with van der Waals surface area (Å²) in [6.45, 7) is -0.729. The lowest BCUT2D eigenvalue weighted by Crippen LogP contribution is -2.36. The minimum atomic E-state index is -4.49. The first kappa shape index (κ1) is 20.3. The molecule has 1 aromatic carbocycles. The number of alkyl halides is 3. The molecule has 4 atom stereocenters. The van der Waals surface area contributed by atoms with Crippen LogP contribution in [-0.4, -0.2) is 49.8 Å². The summed E-state index contributed by atoms with van der Waals surface area (Å²) in [7, 11) is 0. The van der Waals surface area contributed by atoms with Crippen molar-refractivity contribution in [1.82, 2.24) is 9.55 Å². The number of aromatic amines is 1. The molecule has 1 aliphatic rings. The van der Waals surface area contributed by atoms with Crippen LogP contribution in [-0.2, 0) is 17.5 Å². The molecule has 11 heteroatoms. The molecule has 0 saturated carbocycles. The van der Waals surface area contributed by atoms with E-state index >= 15 is 0 Å². The lowest BCUT2D eigenvalue weighted by Gasteiger charge is -2.16. The molecule has 1 aliphatic heterocycles. The van der Waals surface area contributed by atoms with Gasteiger partial charge in [0.2, 0.25) is 0 Å². The van der Waals surface area contributed by atoms with Crippen LogP contribution < -0.4 is 11.2 Å². The van der Waals surface area contributed by atoms with E-state index in [-0.39, 0.29) is 12.1 Å². The first-order valence-corrected chi connectivity index (χ1v) is 8.24. The van der Waals surface area contributed by atoms with Gasteiger partial charge >= 0.3 is 11.9 Å². The van der Waals surface area contributed by atoms with Crippen LogP contribution in [0.3, 0.4) is 0 Å². The Balaban J connectivity index is 1.90. The fourth-order valence-corrected chi connectivity index (χ4v) is 3.00. The molecule has 152 valence electrons. The molecule has 1 saturated heterocycles. The topological polar surface area (TPSA) is 125 Å². The Morgan fingerprint density at radius 1 is 1.11 bits per heavy atom. The van der Waals surface area contributed by atoms with Crippen molar-refractivity contribution in [1.29, 1.82) is 0 Å². The highest BCUT2D eigenvalue weighted by atomic mass is 19.4. The number of hydrogen-bond acceptors (Lipinski definition) is 6. The van der Waals surface area contributed by atoms with Crippen molar-refractivity contribution in [2.75, 3.05) is 6.61 Å². The van der Waals surface area contributed by atoms with Crippen molar-refractivity contribution in [3.63, 3.8) is 0 Å². The summed E-state index contributed by atoms with van der Waals surface area (Å²) >= 11 is 0. The zero-order chi connectivity index (χ0) is 20.6. The third-order valence-electron chi connectivity index (χ3n) is 4.52. The molecule has 0 amide bonds. The predicted octanol–water partition coefficient (Wildman–Crippen LogP) is -0.242. The van der Waals surface area contributed by atoms with Crippen molar-refractivity contribution in [2.45, 2.75) is 37.1 Å². The van der Waals surface area contributed by atoms with E-state index in [2.05, 4.69) is 0 Å². The standard InChI is InChI=1S/C17H17F3N2O6/c18-17(19,20)9-3-1-8(2-4-9)5-22-6-10(15(26)21-16(22)27)14-13(25)12(24)11(7-23)28-14/h1-4,6,11-14,23-25H,5,7H2,(H,21,26,27)/t11-,12-,13-,14+/m1/s1. The van der Waals surface area contributed by atoms with Crippen molar-refractivity contribution < 1.29 is 33.2 Å². The van der Waals surface area contributed by atoms with E-state index in [0.29, 0.717) is 5.56 Å². The number of nitrogens with zero attached hydrogens (tertiary/aromatic N) is 1. The maximum atomic E-state index is 12.6. The maximum absolute atomic E-state index is 12.6. The second-order valence-corrected chi connectivity index (χ2v) is 6.43. The molecule has 2 heterocycles. The molecule has 3 rings (SSSR count). The highest BCUT2D eigenvalue weighted by Gasteiger charge is 2.44. The van der Waals surface area contributed by atoms with Crippen molar-refractivity contribution in [3.8, 4) is 0 Å². The van der Waals surface area contributed by atoms with Gasteiger partial charge in [-0.2, -0.15) is 13.2 Å². The van der Waals surface area contributed by atoms with Gasteiger partial charge in [0.15, 0.2) is 0 Å². The summed E-state index contributed by atoms with van der Waals surface area (Å²) in [5, 5.41) is 29.0. The van der Waals surface area contributed by atoms with Crippen molar-refractivity contribution in [2.24, 2.45) is 0 Å². The molecule has 8 nitrogen and oxygen atoms in total. The summed E-state index contributed by atoms with van der Waals surface area (Å²) in [5.74, 6) is 0. The van der Waals surface area contributed by atoms with Crippen LogP contribution in [0.5, 0.6) is 0 Å². The third-order valence-corrected chi connectivity index (χ3v) is 4.52. The molecule has 0 unspecified atom stereocenters. The lowest BCUT2D eigenvalue weighted by molar-refractivity contribution is -0.137. The van der Waals surface area contributed by atoms with Gasteiger partial charge in [-0.25, -0.2) is 4.79 Å². The smallest absolute Gasteiger partial charge is 0.394 e. The molecule has 0 spiro atoms. The Morgan fingerprint density at radius 3 is 2.29 bits per heavy atom. The van der Waals surface area contributed by atoms with Crippen molar-refractivity contribution in [3.05, 3.63) is 68.0 Å². The van der Waals surface area contributed by atoms with Crippen LogP contribution in [0.25, 0.3) is 0 Å². The van der Waals surface area contributed by atoms with E-state index in [4.69, 9.17) is 9.84 Å². The van der Waals surface area contributed by atoms with E-state index in [1.54, 1.807) is 0 Å². The zero-order valence-electron chi connectivity index (χ0n) is 14.3. The Bertz CT molecular complexity index is 953. The molecule has 0 bridgehead atoms. The predicted molar refractivity (Wildman–Crippen MR) is 88.6 cm³/mol. The number of aliphatic hydroxyl groups is 3. The molecule has 0 radical (unpaired) electrons. The van der Waals surface area contributed by atoms with Crippen LogP contribution >= 0.6 is 0 Å². The first-order chi connectivity index (χ1) is 13.1. The third kappa shape index (κ3) is 3.87. The van der Waals surface area contributed by atoms with Gasteiger partial charge in [-0.1, -0.05) is 12.1 Å². The average molecular weight is 402 g/mol. The number of rotatable bonds is 4. The Kier molecular flexibility index (Phi) is 5.44. The lowest BCUT2D eigenvalue weighted by atomic mass is 10.0. The molecular weight excluding hydrogens is 385 g/mol. The van der Waals surface area contributed by atoms with Gasteiger partial charge in [-0.3, -0.25) is 14.3 Å². The van der Waals surface area contributed by atoms with Gasteiger partial charge in [0.25, 0.3) is 5.56 Å². The zero-order valence-corrected chi connectivity index (χ0v) is 14.3. The van der Waals surface area contributed by atoms with Crippen molar-refractivity contribution >= 4 is 0 Å². The Labute approximate surface area is 155 Å². The summed E-state index contributed by atoms with van der Waals surface area (Å²) in [4.78, 5) is 26.2. The average Bonchev–Trinajstić information content (AvgIpc) is 2.92. The molecular formula is C17H17F3N2O6. The Hall–Kier alpha value is -2.47. The number of ether oxygens (including phenoxy) is 1. The summed E-state index contributed by atoms with van der Waals surface area (Å²) < 4.78 is 44.2. The fraction of sp³-hybridized carbons (Fsp3) is 0.412. The largest absolute Gasteiger partial charge is 0.416 e. The molecule has 4 N–H and O–H groups in total.